The Bertz CT molecular complexity index is 1220. The summed E-state index contributed by atoms with van der Waals surface area (Å²) in [5, 5.41) is 66.9. The highest BCUT2D eigenvalue weighted by molar-refractivity contribution is 5.98. The van der Waals surface area contributed by atoms with E-state index in [4.69, 9.17) is 40.9 Å². The summed E-state index contributed by atoms with van der Waals surface area (Å²) in [7, 11) is 0. The molecule has 0 aliphatic heterocycles. The Morgan fingerprint density at radius 1 is 0.719 bits per heavy atom. The first-order valence-electron chi connectivity index (χ1n) is 8.33. The molecule has 3 rings (SSSR count). The molecule has 1 aromatic carbocycles. The van der Waals surface area contributed by atoms with Crippen molar-refractivity contribution in [1.29, 1.82) is 0 Å². The summed E-state index contributed by atoms with van der Waals surface area (Å²) in [6.07, 6.45) is 0. The number of aromatic carboxylic acids is 2. The maximum atomic E-state index is 11.9. The molecule has 0 aliphatic carbocycles. The minimum atomic E-state index is -3.53. The van der Waals surface area contributed by atoms with Gasteiger partial charge in [-0.2, -0.15) is 0 Å². The first kappa shape index (κ1) is 24.6. The van der Waals surface area contributed by atoms with Gasteiger partial charge in [-0.1, -0.05) is 0 Å². The molecule has 15 heteroatoms. The lowest BCUT2D eigenvalue weighted by atomic mass is 10.1. The van der Waals surface area contributed by atoms with Crippen LogP contribution in [0.25, 0.3) is 21.8 Å². The molecule has 0 atom stereocenters. The average Bonchev–Trinajstić information content (AvgIpc) is 2.65. The Balaban J connectivity index is 0.000000309. The summed E-state index contributed by atoms with van der Waals surface area (Å²) in [5.74, 6) is -9.66. The fourth-order valence-corrected chi connectivity index (χ4v) is 2.48. The lowest BCUT2D eigenvalue weighted by molar-refractivity contribution is -0.411. The second kappa shape index (κ2) is 8.44. The summed E-state index contributed by atoms with van der Waals surface area (Å²) in [5.41, 5.74) is 3.22. The second-order valence-electron chi connectivity index (χ2n) is 6.50. The van der Waals surface area contributed by atoms with Crippen LogP contribution in [-0.4, -0.2) is 80.7 Å². The molecule has 2 aromatic heterocycles. The van der Waals surface area contributed by atoms with Crippen LogP contribution < -0.4 is 16.6 Å². The van der Waals surface area contributed by atoms with E-state index in [1.54, 1.807) is 0 Å². The van der Waals surface area contributed by atoms with E-state index in [1.165, 1.54) is 12.1 Å². The highest BCUT2D eigenvalue weighted by atomic mass is 16.7. The second-order valence-corrected chi connectivity index (χ2v) is 6.50. The van der Waals surface area contributed by atoms with Crippen LogP contribution in [-0.2, 0) is 0 Å². The first-order valence-corrected chi connectivity index (χ1v) is 8.33. The number of fused-ring (bicyclic) bond motifs is 2. The molecule has 0 spiro atoms. The number of carboxylic acids is 2. The largest absolute Gasteiger partial charge is 0.477 e. The molecule has 15 nitrogen and oxygen atoms in total. The van der Waals surface area contributed by atoms with Gasteiger partial charge in [0.15, 0.2) is 16.9 Å². The minimum absolute atomic E-state index is 0.145. The molecule has 0 fully saturated rings. The van der Waals surface area contributed by atoms with Crippen LogP contribution in [0.1, 0.15) is 21.0 Å². The predicted molar refractivity (Wildman–Crippen MR) is 103 cm³/mol. The average molecular weight is 455 g/mol. The number of aromatic nitrogens is 2. The number of rotatable bonds is 4. The molecule has 12 N–H and O–H groups in total. The first-order chi connectivity index (χ1) is 14.5. The number of nitrogens with one attached hydrogen (secondary N) is 2. The van der Waals surface area contributed by atoms with Crippen LogP contribution in [0.2, 0.25) is 0 Å². The van der Waals surface area contributed by atoms with Gasteiger partial charge in [-0.25, -0.2) is 9.59 Å². The van der Waals surface area contributed by atoms with Crippen molar-refractivity contribution in [3.8, 4) is 0 Å². The summed E-state index contributed by atoms with van der Waals surface area (Å²) in [4.78, 5) is 50.9. The van der Waals surface area contributed by atoms with E-state index in [0.717, 1.165) is 12.1 Å². The summed E-state index contributed by atoms with van der Waals surface area (Å²) in [6.45, 7) is 0. The Morgan fingerprint density at radius 3 is 1.31 bits per heavy atom. The SMILES string of the molecule is NC(C(O)(O)O)C(O)(O)O.O=C(O)c1cc(=O)c2cc3c(=O)cc(C(=O)O)[nH]c3cc2[nH]1. The third-order valence-corrected chi connectivity index (χ3v) is 4.07. The van der Waals surface area contributed by atoms with Crippen molar-refractivity contribution in [3.63, 3.8) is 0 Å². The number of benzene rings is 1. The van der Waals surface area contributed by atoms with E-state index >= 15 is 0 Å². The van der Waals surface area contributed by atoms with Gasteiger partial charge in [0.25, 0.3) is 11.9 Å². The maximum Gasteiger partial charge on any atom is 0.352 e. The highest BCUT2D eigenvalue weighted by Gasteiger charge is 2.44. The number of aromatic amines is 2. The topological polar surface area (TPSA) is 288 Å². The van der Waals surface area contributed by atoms with Gasteiger partial charge in [0.05, 0.1) is 11.0 Å². The van der Waals surface area contributed by atoms with Crippen LogP contribution in [0, 0.1) is 0 Å². The monoisotopic (exact) mass is 455 g/mol. The molecule has 3 aromatic rings. The van der Waals surface area contributed by atoms with Gasteiger partial charge in [0, 0.05) is 22.9 Å². The van der Waals surface area contributed by atoms with Crippen molar-refractivity contribution < 1.29 is 50.4 Å². The number of hydrogen-bond donors (Lipinski definition) is 11. The van der Waals surface area contributed by atoms with Gasteiger partial charge in [-0.15, -0.1) is 0 Å². The molecule has 32 heavy (non-hydrogen) atoms. The molecular formula is C17H17N3O12. The Labute approximate surface area is 174 Å². The van der Waals surface area contributed by atoms with E-state index < -0.39 is 40.8 Å². The summed E-state index contributed by atoms with van der Waals surface area (Å²) in [6, 6.07) is 2.10. The number of H-pyrrole nitrogens is 2. The molecule has 0 bridgehead atoms. The summed E-state index contributed by atoms with van der Waals surface area (Å²) < 4.78 is 0. The van der Waals surface area contributed by atoms with Gasteiger partial charge in [-0.05, 0) is 12.1 Å². The number of aliphatic hydroxyl groups is 6. The van der Waals surface area contributed by atoms with Crippen molar-refractivity contribution in [2.24, 2.45) is 5.73 Å². The van der Waals surface area contributed by atoms with Crippen molar-refractivity contribution in [2.45, 2.75) is 18.0 Å². The maximum absolute atomic E-state index is 11.9. The Morgan fingerprint density at radius 2 is 1.06 bits per heavy atom. The van der Waals surface area contributed by atoms with E-state index in [2.05, 4.69) is 15.7 Å². The molecule has 0 unspecified atom stereocenters. The smallest absolute Gasteiger partial charge is 0.352 e. The van der Waals surface area contributed by atoms with Crippen molar-refractivity contribution >= 4 is 33.7 Å². The number of carboxylic acid groups (broad SMARTS) is 2. The molecule has 2 heterocycles. The number of carbonyl (C=O) groups is 2. The Kier molecular flexibility index (Phi) is 6.48. The Hall–Kier alpha value is -3.70. The van der Waals surface area contributed by atoms with Crippen LogP contribution in [0.15, 0.2) is 33.9 Å². The molecule has 0 saturated heterocycles. The van der Waals surface area contributed by atoms with Crippen molar-refractivity contribution in [1.82, 2.24) is 9.97 Å². The third kappa shape index (κ3) is 5.31. The predicted octanol–water partition coefficient (Wildman–Crippen LogP) is -3.66. The van der Waals surface area contributed by atoms with Crippen molar-refractivity contribution in [3.05, 3.63) is 56.1 Å². The zero-order chi connectivity index (χ0) is 24.6. The lowest BCUT2D eigenvalue weighted by Gasteiger charge is -2.28. The van der Waals surface area contributed by atoms with E-state index in [0.29, 0.717) is 0 Å². The van der Waals surface area contributed by atoms with Crippen LogP contribution in [0.5, 0.6) is 0 Å². The lowest BCUT2D eigenvalue weighted by Crippen LogP contribution is -2.61. The highest BCUT2D eigenvalue weighted by Crippen LogP contribution is 2.16. The molecule has 0 amide bonds. The fourth-order valence-electron chi connectivity index (χ4n) is 2.48. The fraction of sp³-hybridized carbons (Fsp3) is 0.176. The normalized spacial score (nSPS) is 12.0. The van der Waals surface area contributed by atoms with Crippen LogP contribution in [0.4, 0.5) is 0 Å². The molecule has 172 valence electrons. The third-order valence-electron chi connectivity index (χ3n) is 4.07. The zero-order valence-electron chi connectivity index (χ0n) is 15.7. The van der Waals surface area contributed by atoms with E-state index in [-0.39, 0.29) is 33.2 Å². The molecular weight excluding hydrogens is 438 g/mol. The summed E-state index contributed by atoms with van der Waals surface area (Å²) >= 11 is 0. The number of hydrogen-bond acceptors (Lipinski definition) is 11. The zero-order valence-corrected chi connectivity index (χ0v) is 15.7. The quantitative estimate of drug-likeness (QED) is 0.134. The molecule has 0 saturated carbocycles. The van der Waals surface area contributed by atoms with Crippen LogP contribution in [0.3, 0.4) is 0 Å². The minimum Gasteiger partial charge on any atom is -0.477 e. The van der Waals surface area contributed by atoms with Gasteiger partial charge >= 0.3 is 11.9 Å². The van der Waals surface area contributed by atoms with E-state index in [1.807, 2.05) is 0 Å². The van der Waals surface area contributed by atoms with Gasteiger partial charge in [0.2, 0.25) is 0 Å². The van der Waals surface area contributed by atoms with Crippen molar-refractivity contribution in [2.75, 3.05) is 0 Å². The van der Waals surface area contributed by atoms with E-state index in [9.17, 15) is 19.2 Å². The molecule has 0 radical (unpaired) electrons. The molecule has 0 aliphatic rings. The number of nitrogens with two attached hydrogens (primary N) is 1. The van der Waals surface area contributed by atoms with Gasteiger partial charge < -0.3 is 56.6 Å². The van der Waals surface area contributed by atoms with Crippen LogP contribution >= 0.6 is 0 Å². The standard InChI is InChI=1S/C14H8N2O6.C3H9NO6/c17-11-3-9(13(19)20)15-7-2-8-6(1-5(7)11)12(18)4-10(16-8)14(21)22;4-1(2(5,6)7)3(8,9)10/h1-4H,(H,15,17)(H,16,18)(H,19,20)(H,21,22);1,5-10H,4H2. The van der Waals surface area contributed by atoms with Gasteiger partial charge in [0.1, 0.15) is 11.4 Å². The van der Waals surface area contributed by atoms with Gasteiger partial charge in [-0.3, -0.25) is 9.59 Å². The number of pyridine rings is 2.